The number of β-amino-alcohol motifs (C(OH)–C–C–N with tert-alkyl or cyclic N) is 1. The second-order valence-corrected chi connectivity index (χ2v) is 8.95. The van der Waals surface area contributed by atoms with E-state index in [0.717, 1.165) is 18.4 Å². The summed E-state index contributed by atoms with van der Waals surface area (Å²) in [6.07, 6.45) is 4.77. The van der Waals surface area contributed by atoms with Gasteiger partial charge in [-0.15, -0.1) is 0 Å². The fraction of sp³-hybridized carbons (Fsp3) is 0.348. The summed E-state index contributed by atoms with van der Waals surface area (Å²) < 4.78 is 7.69. The number of fused-ring (bicyclic) bond motifs is 1. The fourth-order valence-electron chi connectivity index (χ4n) is 3.89. The van der Waals surface area contributed by atoms with Crippen molar-refractivity contribution in [2.75, 3.05) is 11.9 Å². The monoisotopic (exact) mass is 469 g/mol. The molecule has 1 saturated carbocycles. The number of hydrogen-bond donors (Lipinski definition) is 3. The van der Waals surface area contributed by atoms with Crippen LogP contribution in [0.5, 0.6) is 11.5 Å². The lowest BCUT2D eigenvalue weighted by molar-refractivity contribution is -0.0357. The van der Waals surface area contributed by atoms with Crippen molar-refractivity contribution in [3.63, 3.8) is 0 Å². The second-order valence-electron chi connectivity index (χ2n) is 8.54. The maximum atomic E-state index is 13.0. The van der Waals surface area contributed by atoms with Crippen LogP contribution in [0.25, 0.3) is 5.52 Å². The standard InChI is InChI=1S/C23H24ClN5O4/c1-12-16(22(31)28-11-19(30)13(28)2)10-29-21(12)20(7-8-25-29)33-15-5-6-18(17(24)9-15)27-23(32)26-14-3-4-14/h5-10,13-14,19,30H,3-4,11H2,1-2H3,(H2,26,27,32)/t13-,19-/m1/s1. The van der Waals surface area contributed by atoms with Gasteiger partial charge in [0.2, 0.25) is 0 Å². The van der Waals surface area contributed by atoms with Crippen LogP contribution < -0.4 is 15.4 Å². The van der Waals surface area contributed by atoms with Gasteiger partial charge in [-0.3, -0.25) is 4.79 Å². The summed E-state index contributed by atoms with van der Waals surface area (Å²) in [6.45, 7) is 3.98. The van der Waals surface area contributed by atoms with E-state index in [1.807, 2.05) is 13.8 Å². The van der Waals surface area contributed by atoms with E-state index in [9.17, 15) is 14.7 Å². The maximum Gasteiger partial charge on any atom is 0.319 e. The molecule has 172 valence electrons. The topological polar surface area (TPSA) is 108 Å². The van der Waals surface area contributed by atoms with E-state index < -0.39 is 6.10 Å². The molecule has 33 heavy (non-hydrogen) atoms. The predicted molar refractivity (Wildman–Crippen MR) is 123 cm³/mol. The highest BCUT2D eigenvalue weighted by atomic mass is 35.5. The number of aliphatic hydroxyl groups is 1. The zero-order chi connectivity index (χ0) is 23.3. The van der Waals surface area contributed by atoms with E-state index in [4.69, 9.17) is 16.3 Å². The molecule has 3 N–H and O–H groups in total. The van der Waals surface area contributed by atoms with Crippen LogP contribution in [0.3, 0.4) is 0 Å². The lowest BCUT2D eigenvalue weighted by Crippen LogP contribution is -2.60. The summed E-state index contributed by atoms with van der Waals surface area (Å²) in [5.74, 6) is 0.848. The molecule has 1 aliphatic carbocycles. The van der Waals surface area contributed by atoms with Crippen molar-refractivity contribution in [1.82, 2.24) is 19.8 Å². The van der Waals surface area contributed by atoms with Gasteiger partial charge in [0.25, 0.3) is 5.91 Å². The lowest BCUT2D eigenvalue weighted by atomic mass is 9.99. The molecule has 2 aliphatic rings. The minimum atomic E-state index is -0.495. The molecule has 2 aromatic heterocycles. The Morgan fingerprint density at radius 2 is 2.06 bits per heavy atom. The number of carbonyl (C=O) groups is 2. The van der Waals surface area contributed by atoms with Crippen molar-refractivity contribution < 1.29 is 19.4 Å². The fourth-order valence-corrected chi connectivity index (χ4v) is 4.11. The molecule has 3 amide bonds. The highest BCUT2D eigenvalue weighted by Gasteiger charge is 2.38. The first-order valence-corrected chi connectivity index (χ1v) is 11.2. The Hall–Kier alpha value is -3.30. The summed E-state index contributed by atoms with van der Waals surface area (Å²) in [6, 6.07) is 6.48. The molecular weight excluding hydrogens is 446 g/mol. The number of carbonyl (C=O) groups excluding carboxylic acids is 2. The first-order chi connectivity index (χ1) is 15.8. The molecule has 1 aromatic carbocycles. The van der Waals surface area contributed by atoms with Gasteiger partial charge in [-0.05, 0) is 44.4 Å². The van der Waals surface area contributed by atoms with Crippen LogP contribution >= 0.6 is 11.6 Å². The molecule has 2 atom stereocenters. The van der Waals surface area contributed by atoms with E-state index in [0.29, 0.717) is 39.8 Å². The Balaban J connectivity index is 1.38. The van der Waals surface area contributed by atoms with Crippen LogP contribution in [0.15, 0.2) is 36.7 Å². The molecule has 5 rings (SSSR count). The van der Waals surface area contributed by atoms with Gasteiger partial charge in [0.05, 0.1) is 34.6 Å². The van der Waals surface area contributed by atoms with E-state index in [1.54, 1.807) is 46.1 Å². The number of aromatic nitrogens is 2. The van der Waals surface area contributed by atoms with E-state index in [-0.39, 0.29) is 24.0 Å². The van der Waals surface area contributed by atoms with Gasteiger partial charge in [0, 0.05) is 30.9 Å². The second kappa shape index (κ2) is 8.24. The number of aliphatic hydroxyl groups excluding tert-OH is 1. The number of nitrogens with one attached hydrogen (secondary N) is 2. The molecule has 0 bridgehead atoms. The average molecular weight is 470 g/mol. The van der Waals surface area contributed by atoms with E-state index in [2.05, 4.69) is 15.7 Å². The molecule has 3 heterocycles. The quantitative estimate of drug-likeness (QED) is 0.529. The molecule has 1 saturated heterocycles. The number of rotatable bonds is 5. The van der Waals surface area contributed by atoms with Crippen LogP contribution in [0.1, 0.15) is 35.7 Å². The van der Waals surface area contributed by atoms with Gasteiger partial charge < -0.3 is 25.4 Å². The Labute approximate surface area is 195 Å². The third kappa shape index (κ3) is 4.09. The predicted octanol–water partition coefficient (Wildman–Crippen LogP) is 3.58. The molecule has 1 aliphatic heterocycles. The first-order valence-electron chi connectivity index (χ1n) is 10.8. The van der Waals surface area contributed by atoms with Gasteiger partial charge in [0.1, 0.15) is 11.3 Å². The van der Waals surface area contributed by atoms with Gasteiger partial charge >= 0.3 is 6.03 Å². The van der Waals surface area contributed by atoms with Gasteiger partial charge in [-0.1, -0.05) is 11.6 Å². The number of ether oxygens (including phenoxy) is 1. The van der Waals surface area contributed by atoms with Crippen LogP contribution in [0, 0.1) is 6.92 Å². The van der Waals surface area contributed by atoms with E-state index in [1.165, 1.54) is 0 Å². The van der Waals surface area contributed by atoms with Crippen molar-refractivity contribution in [3.8, 4) is 11.5 Å². The summed E-state index contributed by atoms with van der Waals surface area (Å²) in [4.78, 5) is 26.6. The largest absolute Gasteiger partial charge is 0.455 e. The van der Waals surface area contributed by atoms with Crippen molar-refractivity contribution >= 4 is 34.7 Å². The number of anilines is 1. The van der Waals surface area contributed by atoms with Crippen LogP contribution in [-0.4, -0.2) is 56.3 Å². The number of benzene rings is 1. The van der Waals surface area contributed by atoms with Crippen LogP contribution in [0.4, 0.5) is 10.5 Å². The minimum absolute atomic E-state index is 0.148. The summed E-state index contributed by atoms with van der Waals surface area (Å²) >= 11 is 6.36. The molecule has 10 heteroatoms. The highest BCUT2D eigenvalue weighted by Crippen LogP contribution is 2.34. The first kappa shape index (κ1) is 21.5. The lowest BCUT2D eigenvalue weighted by Gasteiger charge is -2.43. The molecule has 9 nitrogen and oxygen atoms in total. The molecule has 3 aromatic rings. The Morgan fingerprint density at radius 3 is 2.73 bits per heavy atom. The zero-order valence-corrected chi connectivity index (χ0v) is 19.0. The Bertz CT molecular complexity index is 1260. The number of nitrogens with zero attached hydrogens (tertiary/aromatic N) is 3. The molecule has 0 radical (unpaired) electrons. The Kier molecular flexibility index (Phi) is 5.38. The van der Waals surface area contributed by atoms with Gasteiger partial charge in [-0.25, -0.2) is 9.31 Å². The number of likely N-dealkylation sites (tertiary alicyclic amines) is 1. The van der Waals surface area contributed by atoms with Crippen LogP contribution in [0.2, 0.25) is 5.02 Å². The third-order valence-electron chi connectivity index (χ3n) is 6.14. The third-order valence-corrected chi connectivity index (χ3v) is 6.46. The molecule has 2 fully saturated rings. The number of amides is 3. The van der Waals surface area contributed by atoms with Gasteiger partial charge in [-0.2, -0.15) is 5.10 Å². The number of aryl methyl sites for hydroxylation is 1. The average Bonchev–Trinajstić information content (AvgIpc) is 3.53. The summed E-state index contributed by atoms with van der Waals surface area (Å²) in [7, 11) is 0. The zero-order valence-electron chi connectivity index (χ0n) is 18.2. The molecule has 0 spiro atoms. The van der Waals surface area contributed by atoms with Gasteiger partial charge in [0.15, 0.2) is 5.75 Å². The van der Waals surface area contributed by atoms with Crippen molar-refractivity contribution in [3.05, 3.63) is 52.8 Å². The molecule has 0 unspecified atom stereocenters. The highest BCUT2D eigenvalue weighted by molar-refractivity contribution is 6.33. The maximum absolute atomic E-state index is 13.0. The molecular formula is C23H24ClN5O4. The van der Waals surface area contributed by atoms with Crippen molar-refractivity contribution in [1.29, 1.82) is 0 Å². The summed E-state index contributed by atoms with van der Waals surface area (Å²) in [5, 5.41) is 20.0. The summed E-state index contributed by atoms with van der Waals surface area (Å²) in [5.41, 5.74) is 2.39. The number of urea groups is 1. The van der Waals surface area contributed by atoms with E-state index >= 15 is 0 Å². The SMILES string of the molecule is Cc1c(C(=O)N2C[C@@H](O)[C@H]2C)cn2nccc(Oc3ccc(NC(=O)NC4CC4)c(Cl)c3)c12. The number of hydrogen-bond acceptors (Lipinski definition) is 5. The van der Waals surface area contributed by atoms with Crippen molar-refractivity contribution in [2.24, 2.45) is 0 Å². The minimum Gasteiger partial charge on any atom is -0.455 e. The van der Waals surface area contributed by atoms with Crippen molar-refractivity contribution in [2.45, 2.75) is 44.9 Å². The Morgan fingerprint density at radius 1 is 1.27 bits per heavy atom. The normalized spacial score (nSPS) is 19.8. The smallest absolute Gasteiger partial charge is 0.319 e. The van der Waals surface area contributed by atoms with Crippen LogP contribution in [-0.2, 0) is 0 Å². The number of halogens is 1.